The van der Waals surface area contributed by atoms with Crippen molar-refractivity contribution in [2.45, 2.75) is 30.8 Å². The molecule has 0 spiro atoms. The summed E-state index contributed by atoms with van der Waals surface area (Å²) in [7, 11) is -3.56. The SMILES string of the molecule is O=C(c1ccc(S(=O)(=O)N2Cc3ccccc3C2)cc1)N1CCCC1. The molecule has 25 heavy (non-hydrogen) atoms. The van der Waals surface area contributed by atoms with E-state index in [1.165, 1.54) is 4.31 Å². The van der Waals surface area contributed by atoms with E-state index in [4.69, 9.17) is 0 Å². The van der Waals surface area contributed by atoms with E-state index in [0.29, 0.717) is 18.7 Å². The molecule has 2 aliphatic heterocycles. The second kappa shape index (κ2) is 6.28. The van der Waals surface area contributed by atoms with Crippen molar-refractivity contribution < 1.29 is 13.2 Å². The highest BCUT2D eigenvalue weighted by molar-refractivity contribution is 7.89. The van der Waals surface area contributed by atoms with Gasteiger partial charge in [-0.25, -0.2) is 8.42 Å². The lowest BCUT2D eigenvalue weighted by Gasteiger charge is -2.17. The first-order valence-electron chi connectivity index (χ1n) is 8.52. The number of likely N-dealkylation sites (tertiary alicyclic amines) is 1. The Morgan fingerprint density at radius 3 is 1.96 bits per heavy atom. The van der Waals surface area contributed by atoms with Gasteiger partial charge in [-0.3, -0.25) is 4.79 Å². The van der Waals surface area contributed by atoms with Gasteiger partial charge in [0.1, 0.15) is 0 Å². The fraction of sp³-hybridized carbons (Fsp3) is 0.316. The number of benzene rings is 2. The Labute approximate surface area is 147 Å². The quantitative estimate of drug-likeness (QED) is 0.849. The first kappa shape index (κ1) is 16.3. The van der Waals surface area contributed by atoms with Gasteiger partial charge in [-0.15, -0.1) is 0 Å². The van der Waals surface area contributed by atoms with E-state index in [2.05, 4.69) is 0 Å². The van der Waals surface area contributed by atoms with Crippen LogP contribution in [0.15, 0.2) is 53.4 Å². The highest BCUT2D eigenvalue weighted by Gasteiger charge is 2.30. The van der Waals surface area contributed by atoms with E-state index in [9.17, 15) is 13.2 Å². The molecule has 130 valence electrons. The standard InChI is InChI=1S/C19H20N2O3S/c22-19(20-11-3-4-12-20)15-7-9-18(10-8-15)25(23,24)21-13-16-5-1-2-6-17(16)14-21/h1-2,5-10H,3-4,11-14H2. The van der Waals surface area contributed by atoms with Crippen LogP contribution in [-0.4, -0.2) is 36.6 Å². The lowest BCUT2D eigenvalue weighted by molar-refractivity contribution is 0.0792. The molecule has 0 saturated carbocycles. The van der Waals surface area contributed by atoms with Crippen LogP contribution < -0.4 is 0 Å². The molecule has 2 aromatic rings. The van der Waals surface area contributed by atoms with Crippen LogP contribution in [0.1, 0.15) is 34.3 Å². The molecule has 1 saturated heterocycles. The molecule has 2 aliphatic rings. The average molecular weight is 356 g/mol. The predicted octanol–water partition coefficient (Wildman–Crippen LogP) is 2.63. The van der Waals surface area contributed by atoms with Crippen molar-refractivity contribution in [2.75, 3.05) is 13.1 Å². The third kappa shape index (κ3) is 2.96. The van der Waals surface area contributed by atoms with E-state index in [1.54, 1.807) is 24.3 Å². The maximum atomic E-state index is 12.9. The van der Waals surface area contributed by atoms with Gasteiger partial charge in [0.25, 0.3) is 5.91 Å². The number of nitrogens with zero attached hydrogens (tertiary/aromatic N) is 2. The first-order chi connectivity index (χ1) is 12.1. The minimum Gasteiger partial charge on any atom is -0.339 e. The lowest BCUT2D eigenvalue weighted by Crippen LogP contribution is -2.28. The van der Waals surface area contributed by atoms with Crippen molar-refractivity contribution in [3.63, 3.8) is 0 Å². The molecule has 2 heterocycles. The fourth-order valence-corrected chi connectivity index (χ4v) is 4.89. The highest BCUT2D eigenvalue weighted by Crippen LogP contribution is 2.28. The van der Waals surface area contributed by atoms with Crippen LogP contribution in [0.4, 0.5) is 0 Å². The van der Waals surface area contributed by atoms with Gasteiger partial charge in [0.15, 0.2) is 0 Å². The molecule has 0 aromatic heterocycles. The van der Waals surface area contributed by atoms with Crippen LogP contribution in [0.2, 0.25) is 0 Å². The summed E-state index contributed by atoms with van der Waals surface area (Å²) in [6.07, 6.45) is 2.07. The van der Waals surface area contributed by atoms with Crippen molar-refractivity contribution in [3.05, 3.63) is 65.2 Å². The van der Waals surface area contributed by atoms with Crippen LogP contribution in [0.5, 0.6) is 0 Å². The number of sulfonamides is 1. The molecule has 5 nitrogen and oxygen atoms in total. The van der Waals surface area contributed by atoms with Crippen molar-refractivity contribution >= 4 is 15.9 Å². The van der Waals surface area contributed by atoms with E-state index in [1.807, 2.05) is 29.2 Å². The van der Waals surface area contributed by atoms with Crippen LogP contribution in [-0.2, 0) is 23.1 Å². The second-order valence-electron chi connectivity index (χ2n) is 6.57. The fourth-order valence-electron chi connectivity index (χ4n) is 3.49. The first-order valence-corrected chi connectivity index (χ1v) is 9.96. The van der Waals surface area contributed by atoms with Crippen LogP contribution >= 0.6 is 0 Å². The van der Waals surface area contributed by atoms with Crippen molar-refractivity contribution in [3.8, 4) is 0 Å². The third-order valence-corrected chi connectivity index (χ3v) is 6.75. The van der Waals surface area contributed by atoms with Gasteiger partial charge in [-0.05, 0) is 48.2 Å². The minimum absolute atomic E-state index is 0.0185. The van der Waals surface area contributed by atoms with Gasteiger partial charge in [0.2, 0.25) is 10.0 Å². The van der Waals surface area contributed by atoms with Crippen molar-refractivity contribution in [2.24, 2.45) is 0 Å². The molecular weight excluding hydrogens is 336 g/mol. The van der Waals surface area contributed by atoms with Crippen LogP contribution in [0.25, 0.3) is 0 Å². The Balaban J connectivity index is 1.54. The zero-order valence-corrected chi connectivity index (χ0v) is 14.7. The normalized spacial score (nSPS) is 17.7. The molecule has 0 radical (unpaired) electrons. The number of fused-ring (bicyclic) bond motifs is 1. The molecular formula is C19H20N2O3S. The van der Waals surface area contributed by atoms with E-state index < -0.39 is 10.0 Å². The monoisotopic (exact) mass is 356 g/mol. The summed E-state index contributed by atoms with van der Waals surface area (Å²) in [5.41, 5.74) is 2.64. The summed E-state index contributed by atoms with van der Waals surface area (Å²) < 4.78 is 27.2. The summed E-state index contributed by atoms with van der Waals surface area (Å²) in [6, 6.07) is 14.1. The maximum Gasteiger partial charge on any atom is 0.253 e. The van der Waals surface area contributed by atoms with Gasteiger partial charge in [0, 0.05) is 31.7 Å². The number of rotatable bonds is 3. The Bertz CT molecular complexity index is 876. The largest absolute Gasteiger partial charge is 0.339 e. The number of carbonyl (C=O) groups excluding carboxylic acids is 1. The van der Waals surface area contributed by atoms with E-state index >= 15 is 0 Å². The van der Waals surface area contributed by atoms with Gasteiger partial charge in [-0.1, -0.05) is 24.3 Å². The Morgan fingerprint density at radius 2 is 1.40 bits per heavy atom. The molecule has 0 unspecified atom stereocenters. The van der Waals surface area contributed by atoms with Crippen molar-refractivity contribution in [1.82, 2.24) is 9.21 Å². The summed E-state index contributed by atoms with van der Waals surface area (Å²) in [6.45, 7) is 2.36. The Hall–Kier alpha value is -2.18. The summed E-state index contributed by atoms with van der Waals surface area (Å²) >= 11 is 0. The topological polar surface area (TPSA) is 57.7 Å². The third-order valence-electron chi connectivity index (χ3n) is 4.94. The molecule has 2 aromatic carbocycles. The van der Waals surface area contributed by atoms with Crippen LogP contribution in [0, 0.1) is 0 Å². The molecule has 4 rings (SSSR count). The average Bonchev–Trinajstić information content (AvgIpc) is 3.31. The molecule has 6 heteroatoms. The number of hydrogen-bond donors (Lipinski definition) is 0. The zero-order chi connectivity index (χ0) is 17.4. The molecule has 0 atom stereocenters. The van der Waals surface area contributed by atoms with Crippen LogP contribution in [0.3, 0.4) is 0 Å². The molecule has 0 N–H and O–H groups in total. The Kier molecular flexibility index (Phi) is 4.09. The number of carbonyl (C=O) groups is 1. The molecule has 0 aliphatic carbocycles. The Morgan fingerprint density at radius 1 is 0.840 bits per heavy atom. The summed E-state index contributed by atoms with van der Waals surface area (Å²) in [5.74, 6) is -0.0185. The zero-order valence-electron chi connectivity index (χ0n) is 13.9. The lowest BCUT2D eigenvalue weighted by atomic mass is 10.1. The highest BCUT2D eigenvalue weighted by atomic mass is 32.2. The van der Waals surface area contributed by atoms with Gasteiger partial charge in [-0.2, -0.15) is 4.31 Å². The summed E-state index contributed by atoms with van der Waals surface area (Å²) in [5, 5.41) is 0. The maximum absolute atomic E-state index is 12.9. The van der Waals surface area contributed by atoms with Gasteiger partial charge >= 0.3 is 0 Å². The molecule has 1 fully saturated rings. The number of amides is 1. The van der Waals surface area contributed by atoms with Gasteiger partial charge < -0.3 is 4.90 Å². The van der Waals surface area contributed by atoms with Crippen molar-refractivity contribution in [1.29, 1.82) is 0 Å². The molecule has 1 amide bonds. The number of hydrogen-bond acceptors (Lipinski definition) is 3. The van der Waals surface area contributed by atoms with Gasteiger partial charge in [0.05, 0.1) is 4.90 Å². The predicted molar refractivity (Wildman–Crippen MR) is 94.5 cm³/mol. The smallest absolute Gasteiger partial charge is 0.253 e. The molecule has 0 bridgehead atoms. The summed E-state index contributed by atoms with van der Waals surface area (Å²) in [4.78, 5) is 14.4. The second-order valence-corrected chi connectivity index (χ2v) is 8.50. The van der Waals surface area contributed by atoms with E-state index in [-0.39, 0.29) is 10.8 Å². The minimum atomic E-state index is -3.56. The van der Waals surface area contributed by atoms with E-state index in [0.717, 1.165) is 37.1 Å².